The smallest absolute Gasteiger partial charge is 0.419 e. The van der Waals surface area contributed by atoms with Gasteiger partial charge in [0.2, 0.25) is 5.91 Å². The van der Waals surface area contributed by atoms with E-state index in [2.05, 4.69) is 5.32 Å². The molecule has 3 aromatic rings. The highest BCUT2D eigenvalue weighted by Gasteiger charge is 2.14. The van der Waals surface area contributed by atoms with Crippen molar-refractivity contribution in [2.24, 2.45) is 0 Å². The topological polar surface area (TPSA) is 117 Å². The fraction of sp³-hybridized carbons (Fsp3) is 0.300. The zero-order valence-electron chi connectivity index (χ0n) is 15.9. The Morgan fingerprint density at radius 1 is 1.24 bits per heavy atom. The van der Waals surface area contributed by atoms with Crippen molar-refractivity contribution in [3.05, 3.63) is 68.7 Å². The van der Waals surface area contributed by atoms with Crippen LogP contribution in [0.5, 0.6) is 5.75 Å². The molecule has 1 N–H and O–H groups in total. The predicted molar refractivity (Wildman–Crippen MR) is 106 cm³/mol. The van der Waals surface area contributed by atoms with Crippen LogP contribution in [0.4, 0.5) is 5.69 Å². The molecule has 0 aliphatic heterocycles. The van der Waals surface area contributed by atoms with Crippen molar-refractivity contribution >= 4 is 22.7 Å². The van der Waals surface area contributed by atoms with Gasteiger partial charge in [0.15, 0.2) is 5.58 Å². The molecule has 0 aliphatic rings. The molecule has 0 saturated carbocycles. The van der Waals surface area contributed by atoms with E-state index in [0.717, 1.165) is 11.3 Å². The van der Waals surface area contributed by atoms with E-state index in [4.69, 9.17) is 9.15 Å². The number of carbonyl (C=O) groups excluding carboxylic acids is 1. The maximum Gasteiger partial charge on any atom is 0.419 e. The molecular weight excluding hydrogens is 378 g/mol. The lowest BCUT2D eigenvalue weighted by molar-refractivity contribution is -0.384. The first-order valence-electron chi connectivity index (χ1n) is 9.15. The van der Waals surface area contributed by atoms with Crippen LogP contribution < -0.4 is 15.8 Å². The van der Waals surface area contributed by atoms with E-state index in [9.17, 15) is 19.7 Å². The third-order valence-electron chi connectivity index (χ3n) is 4.54. The molecule has 152 valence electrons. The van der Waals surface area contributed by atoms with Crippen molar-refractivity contribution in [2.75, 3.05) is 13.7 Å². The number of hydrogen-bond acceptors (Lipinski definition) is 6. The molecule has 0 fully saturated rings. The summed E-state index contributed by atoms with van der Waals surface area (Å²) in [5, 5.41) is 13.7. The number of nitrogens with zero attached hydrogens (tertiary/aromatic N) is 2. The Labute approximate surface area is 166 Å². The van der Waals surface area contributed by atoms with Crippen LogP contribution in [0, 0.1) is 10.1 Å². The van der Waals surface area contributed by atoms with Crippen molar-refractivity contribution in [3.63, 3.8) is 0 Å². The van der Waals surface area contributed by atoms with Gasteiger partial charge in [-0.15, -0.1) is 0 Å². The number of benzene rings is 2. The molecule has 2 aromatic carbocycles. The highest BCUT2D eigenvalue weighted by Crippen LogP contribution is 2.20. The minimum absolute atomic E-state index is 0.102. The van der Waals surface area contributed by atoms with Crippen LogP contribution in [0.3, 0.4) is 0 Å². The van der Waals surface area contributed by atoms with Crippen LogP contribution in [0.2, 0.25) is 0 Å². The number of amides is 1. The number of non-ortho nitro benzene ring substituents is 1. The Morgan fingerprint density at radius 2 is 2.00 bits per heavy atom. The van der Waals surface area contributed by atoms with Crippen LogP contribution >= 0.6 is 0 Å². The van der Waals surface area contributed by atoms with Gasteiger partial charge in [-0.3, -0.25) is 19.5 Å². The summed E-state index contributed by atoms with van der Waals surface area (Å²) in [6.45, 7) is 0.805. The molecule has 0 radical (unpaired) electrons. The van der Waals surface area contributed by atoms with E-state index in [1.165, 1.54) is 22.8 Å². The number of carbonyl (C=O) groups is 1. The summed E-state index contributed by atoms with van der Waals surface area (Å²) in [5.74, 6) is 0.0878. The molecule has 0 unspecified atom stereocenters. The minimum Gasteiger partial charge on any atom is -0.497 e. The maximum atomic E-state index is 12.0. The summed E-state index contributed by atoms with van der Waals surface area (Å²) in [6, 6.07) is 11.7. The fourth-order valence-electron chi connectivity index (χ4n) is 3.00. The molecule has 0 spiro atoms. The molecule has 0 atom stereocenters. The lowest BCUT2D eigenvalue weighted by Gasteiger charge is -2.07. The molecule has 0 saturated heterocycles. The van der Waals surface area contributed by atoms with Crippen molar-refractivity contribution in [3.8, 4) is 5.75 Å². The third kappa shape index (κ3) is 5.01. The van der Waals surface area contributed by atoms with Gasteiger partial charge < -0.3 is 14.5 Å². The molecule has 1 aromatic heterocycles. The van der Waals surface area contributed by atoms with Gasteiger partial charge >= 0.3 is 5.76 Å². The van der Waals surface area contributed by atoms with Crippen molar-refractivity contribution in [1.82, 2.24) is 9.88 Å². The molecule has 3 rings (SSSR count). The molecule has 9 nitrogen and oxygen atoms in total. The summed E-state index contributed by atoms with van der Waals surface area (Å²) in [7, 11) is 1.61. The van der Waals surface area contributed by atoms with E-state index < -0.39 is 10.7 Å². The Bertz CT molecular complexity index is 1070. The zero-order valence-corrected chi connectivity index (χ0v) is 15.9. The number of aryl methyl sites for hydroxylation is 1. The van der Waals surface area contributed by atoms with Crippen LogP contribution in [-0.2, 0) is 17.8 Å². The molecule has 9 heteroatoms. The SMILES string of the molecule is COc1ccc(CCNC(=O)CCCn2c(=O)oc3cc([N+](=O)[O-])ccc32)cc1. The van der Waals surface area contributed by atoms with Gasteiger partial charge in [0, 0.05) is 25.6 Å². The number of oxazole rings is 1. The van der Waals surface area contributed by atoms with E-state index in [0.29, 0.717) is 24.9 Å². The van der Waals surface area contributed by atoms with Gasteiger partial charge in [-0.1, -0.05) is 12.1 Å². The third-order valence-corrected chi connectivity index (χ3v) is 4.54. The summed E-state index contributed by atoms with van der Waals surface area (Å²) < 4.78 is 11.6. The quantitative estimate of drug-likeness (QED) is 0.437. The standard InChI is InChI=1S/C20H21N3O6/c1-28-16-7-4-14(5-8-16)10-11-21-19(24)3-2-12-22-17-9-6-15(23(26)27)13-18(17)29-20(22)25/h4-9,13H,2-3,10-12H2,1H3,(H,21,24). The van der Waals surface area contributed by atoms with Crippen LogP contribution in [0.25, 0.3) is 11.1 Å². The first-order valence-corrected chi connectivity index (χ1v) is 9.15. The number of aromatic nitrogens is 1. The van der Waals surface area contributed by atoms with Gasteiger partial charge in [0.05, 0.1) is 23.6 Å². The Hall–Kier alpha value is -3.62. The Balaban J connectivity index is 1.48. The second-order valence-electron chi connectivity index (χ2n) is 6.48. The molecule has 0 aliphatic carbocycles. The van der Waals surface area contributed by atoms with Crippen LogP contribution in [-0.4, -0.2) is 29.1 Å². The van der Waals surface area contributed by atoms with E-state index in [1.54, 1.807) is 7.11 Å². The van der Waals surface area contributed by atoms with Gasteiger partial charge in [-0.05, 0) is 36.6 Å². The maximum absolute atomic E-state index is 12.0. The largest absolute Gasteiger partial charge is 0.497 e. The fourth-order valence-corrected chi connectivity index (χ4v) is 3.00. The number of hydrogen-bond donors (Lipinski definition) is 1. The van der Waals surface area contributed by atoms with Gasteiger partial charge in [-0.25, -0.2) is 4.79 Å². The monoisotopic (exact) mass is 399 g/mol. The van der Waals surface area contributed by atoms with Crippen molar-refractivity contribution in [2.45, 2.75) is 25.8 Å². The first-order chi connectivity index (χ1) is 14.0. The lowest BCUT2D eigenvalue weighted by Crippen LogP contribution is -2.26. The van der Waals surface area contributed by atoms with E-state index in [-0.39, 0.29) is 30.1 Å². The minimum atomic E-state index is -0.597. The predicted octanol–water partition coefficient (Wildman–Crippen LogP) is 2.65. The molecule has 0 bridgehead atoms. The normalized spacial score (nSPS) is 10.8. The highest BCUT2D eigenvalue weighted by atomic mass is 16.6. The van der Waals surface area contributed by atoms with Gasteiger partial charge in [0.1, 0.15) is 5.75 Å². The number of nitro benzene ring substituents is 1. The molecule has 1 heterocycles. The van der Waals surface area contributed by atoms with E-state index in [1.807, 2.05) is 24.3 Å². The Kier molecular flexibility index (Phi) is 6.28. The molecule has 1 amide bonds. The van der Waals surface area contributed by atoms with Crippen LogP contribution in [0.15, 0.2) is 51.7 Å². The van der Waals surface area contributed by atoms with Gasteiger partial charge in [-0.2, -0.15) is 0 Å². The summed E-state index contributed by atoms with van der Waals surface area (Å²) in [6.07, 6.45) is 1.41. The number of fused-ring (bicyclic) bond motifs is 1. The average molecular weight is 399 g/mol. The van der Waals surface area contributed by atoms with Crippen molar-refractivity contribution in [1.29, 1.82) is 0 Å². The second kappa shape index (κ2) is 9.05. The zero-order chi connectivity index (χ0) is 20.8. The highest BCUT2D eigenvalue weighted by molar-refractivity contribution is 5.76. The second-order valence-corrected chi connectivity index (χ2v) is 6.48. The number of nitrogens with one attached hydrogen (secondary N) is 1. The summed E-state index contributed by atoms with van der Waals surface area (Å²) in [5.41, 5.74) is 1.58. The number of rotatable bonds is 9. The van der Waals surface area contributed by atoms with E-state index >= 15 is 0 Å². The first kappa shape index (κ1) is 20.1. The molecule has 29 heavy (non-hydrogen) atoms. The number of ether oxygens (including phenoxy) is 1. The Morgan fingerprint density at radius 3 is 2.69 bits per heavy atom. The number of methoxy groups -OCH3 is 1. The lowest BCUT2D eigenvalue weighted by atomic mass is 10.1. The number of nitro groups is 1. The molecular formula is C20H21N3O6. The van der Waals surface area contributed by atoms with Crippen LogP contribution in [0.1, 0.15) is 18.4 Å². The average Bonchev–Trinajstić information content (AvgIpc) is 3.03. The summed E-state index contributed by atoms with van der Waals surface area (Å²) in [4.78, 5) is 34.3. The van der Waals surface area contributed by atoms with Crippen molar-refractivity contribution < 1.29 is 18.9 Å². The van der Waals surface area contributed by atoms with Gasteiger partial charge in [0.25, 0.3) is 5.69 Å². The summed E-state index contributed by atoms with van der Waals surface area (Å²) >= 11 is 0.